The van der Waals surface area contributed by atoms with Crippen LogP contribution in [0.15, 0.2) is 36.4 Å². The van der Waals surface area contributed by atoms with E-state index in [0.717, 1.165) is 23.8 Å². The van der Waals surface area contributed by atoms with Crippen molar-refractivity contribution in [2.75, 3.05) is 0 Å². The van der Waals surface area contributed by atoms with Gasteiger partial charge in [0, 0.05) is 11.1 Å². The zero-order valence-corrected chi connectivity index (χ0v) is 13.1. The number of halogens is 1. The van der Waals surface area contributed by atoms with Gasteiger partial charge in [-0.05, 0) is 61.6 Å². The Morgan fingerprint density at radius 2 is 1.76 bits per heavy atom. The lowest BCUT2D eigenvalue weighted by atomic mass is 9.78. The van der Waals surface area contributed by atoms with E-state index in [4.69, 9.17) is 16.7 Å². The minimum atomic E-state index is -0.841. The number of aliphatic carboxylic acids is 1. The Kier molecular flexibility index (Phi) is 6.31. The van der Waals surface area contributed by atoms with Crippen molar-refractivity contribution in [1.82, 2.24) is 0 Å². The summed E-state index contributed by atoms with van der Waals surface area (Å²) in [6.45, 7) is 0. The fourth-order valence-electron chi connectivity index (χ4n) is 3.14. The third kappa shape index (κ3) is 5.92. The molecule has 0 aromatic heterocycles. The number of hydrogen-bond donors (Lipinski definition) is 1. The number of carboxylic acids is 1. The summed E-state index contributed by atoms with van der Waals surface area (Å²) < 4.78 is 0. The third-order valence-electron chi connectivity index (χ3n) is 4.45. The van der Waals surface area contributed by atoms with Crippen LogP contribution in [-0.2, 0) is 11.2 Å². The minimum Gasteiger partial charge on any atom is -0.478 e. The van der Waals surface area contributed by atoms with E-state index in [1.807, 2.05) is 12.1 Å². The number of aryl methyl sites for hydroxylation is 1. The number of carboxylic acid groups (broad SMARTS) is 1. The van der Waals surface area contributed by atoms with Gasteiger partial charge in [-0.1, -0.05) is 42.7 Å². The predicted octanol–water partition coefficient (Wildman–Crippen LogP) is 5.11. The van der Waals surface area contributed by atoms with Crippen LogP contribution in [0.2, 0.25) is 5.02 Å². The Hall–Kier alpha value is -1.28. The van der Waals surface area contributed by atoms with E-state index in [1.54, 1.807) is 6.08 Å². The zero-order chi connectivity index (χ0) is 15.1. The van der Waals surface area contributed by atoms with Crippen LogP contribution in [0.4, 0.5) is 0 Å². The predicted molar refractivity (Wildman–Crippen MR) is 86.6 cm³/mol. The highest BCUT2D eigenvalue weighted by molar-refractivity contribution is 6.30. The van der Waals surface area contributed by atoms with E-state index in [-0.39, 0.29) is 0 Å². The van der Waals surface area contributed by atoms with Crippen molar-refractivity contribution in [3.05, 3.63) is 47.0 Å². The highest BCUT2D eigenvalue weighted by atomic mass is 35.5. The molecule has 0 aliphatic heterocycles. The van der Waals surface area contributed by atoms with Crippen LogP contribution in [0, 0.1) is 11.8 Å². The van der Waals surface area contributed by atoms with Crippen molar-refractivity contribution in [2.24, 2.45) is 11.8 Å². The summed E-state index contributed by atoms with van der Waals surface area (Å²) in [5.41, 5.74) is 1.37. The maximum absolute atomic E-state index is 10.4. The Bertz CT molecular complexity index is 470. The summed E-state index contributed by atoms with van der Waals surface area (Å²) in [5, 5.41) is 9.38. The van der Waals surface area contributed by atoms with Gasteiger partial charge in [-0.15, -0.1) is 0 Å². The van der Waals surface area contributed by atoms with Crippen molar-refractivity contribution in [3.63, 3.8) is 0 Å². The Morgan fingerprint density at radius 1 is 1.14 bits per heavy atom. The summed E-state index contributed by atoms with van der Waals surface area (Å²) in [5.74, 6) is 0.652. The summed E-state index contributed by atoms with van der Waals surface area (Å²) in [4.78, 5) is 10.4. The molecular weight excluding hydrogens is 284 g/mol. The van der Waals surface area contributed by atoms with Gasteiger partial charge in [-0.25, -0.2) is 4.79 Å². The van der Waals surface area contributed by atoms with Gasteiger partial charge in [0.05, 0.1) is 0 Å². The van der Waals surface area contributed by atoms with Crippen molar-refractivity contribution in [3.8, 4) is 0 Å². The van der Waals surface area contributed by atoms with E-state index in [9.17, 15) is 4.79 Å². The normalized spacial score (nSPS) is 22.5. The number of rotatable bonds is 6. The first-order valence-electron chi connectivity index (χ1n) is 7.77. The third-order valence-corrected chi connectivity index (χ3v) is 4.70. The molecule has 0 spiro atoms. The van der Waals surface area contributed by atoms with Gasteiger partial charge in [-0.2, -0.15) is 0 Å². The zero-order valence-electron chi connectivity index (χ0n) is 12.3. The number of benzene rings is 1. The first-order valence-corrected chi connectivity index (χ1v) is 8.15. The second-order valence-electron chi connectivity index (χ2n) is 6.03. The molecule has 1 aliphatic carbocycles. The van der Waals surface area contributed by atoms with Gasteiger partial charge in [0.25, 0.3) is 0 Å². The molecule has 1 N–H and O–H groups in total. The summed E-state index contributed by atoms with van der Waals surface area (Å²) in [6, 6.07) is 8.15. The van der Waals surface area contributed by atoms with E-state index in [1.165, 1.54) is 43.7 Å². The van der Waals surface area contributed by atoms with Gasteiger partial charge < -0.3 is 5.11 Å². The lowest BCUT2D eigenvalue weighted by Gasteiger charge is -2.27. The lowest BCUT2D eigenvalue weighted by Crippen LogP contribution is -2.14. The van der Waals surface area contributed by atoms with Gasteiger partial charge in [0.2, 0.25) is 0 Å². The molecule has 1 fully saturated rings. The molecule has 0 atom stereocenters. The Morgan fingerprint density at radius 3 is 2.38 bits per heavy atom. The van der Waals surface area contributed by atoms with Crippen molar-refractivity contribution in [1.29, 1.82) is 0 Å². The van der Waals surface area contributed by atoms with Crippen molar-refractivity contribution >= 4 is 17.6 Å². The van der Waals surface area contributed by atoms with Crippen molar-refractivity contribution < 1.29 is 9.90 Å². The maximum atomic E-state index is 10.4. The molecule has 114 valence electrons. The van der Waals surface area contributed by atoms with Crippen LogP contribution in [-0.4, -0.2) is 11.1 Å². The SMILES string of the molecule is O=C(O)/C=C/CC1CCC(CCc2ccc(Cl)cc2)CC1. The smallest absolute Gasteiger partial charge is 0.327 e. The van der Waals surface area contributed by atoms with Gasteiger partial charge in [0.15, 0.2) is 0 Å². The van der Waals surface area contributed by atoms with E-state index in [2.05, 4.69) is 12.1 Å². The molecular formula is C18H23ClO2. The average molecular weight is 307 g/mol. The molecule has 0 radical (unpaired) electrons. The molecule has 0 heterocycles. The summed E-state index contributed by atoms with van der Waals surface area (Å²) in [6.07, 6.45) is 11.4. The second-order valence-corrected chi connectivity index (χ2v) is 6.46. The van der Waals surface area contributed by atoms with Crippen LogP contribution in [0.1, 0.15) is 44.1 Å². The van der Waals surface area contributed by atoms with Gasteiger partial charge >= 0.3 is 5.97 Å². The van der Waals surface area contributed by atoms with Crippen LogP contribution in [0.5, 0.6) is 0 Å². The molecule has 1 aromatic rings. The topological polar surface area (TPSA) is 37.3 Å². The minimum absolute atomic E-state index is 0.674. The largest absolute Gasteiger partial charge is 0.478 e. The molecule has 21 heavy (non-hydrogen) atoms. The lowest BCUT2D eigenvalue weighted by molar-refractivity contribution is -0.131. The Labute approximate surface area is 131 Å². The highest BCUT2D eigenvalue weighted by Gasteiger charge is 2.20. The number of allylic oxidation sites excluding steroid dienone is 1. The number of carbonyl (C=O) groups is 1. The van der Waals surface area contributed by atoms with Crippen LogP contribution < -0.4 is 0 Å². The van der Waals surface area contributed by atoms with Crippen LogP contribution >= 0.6 is 11.6 Å². The van der Waals surface area contributed by atoms with E-state index < -0.39 is 5.97 Å². The fraction of sp³-hybridized carbons (Fsp3) is 0.500. The van der Waals surface area contributed by atoms with Gasteiger partial charge in [-0.3, -0.25) is 0 Å². The molecule has 2 rings (SSSR count). The molecule has 1 saturated carbocycles. The van der Waals surface area contributed by atoms with E-state index in [0.29, 0.717) is 5.92 Å². The average Bonchev–Trinajstić information content (AvgIpc) is 2.48. The maximum Gasteiger partial charge on any atom is 0.327 e. The first-order chi connectivity index (χ1) is 10.1. The summed E-state index contributed by atoms with van der Waals surface area (Å²) >= 11 is 5.90. The van der Waals surface area contributed by atoms with Crippen molar-refractivity contribution in [2.45, 2.75) is 44.9 Å². The van der Waals surface area contributed by atoms with Gasteiger partial charge in [0.1, 0.15) is 0 Å². The molecule has 0 saturated heterocycles. The molecule has 0 unspecified atom stereocenters. The monoisotopic (exact) mass is 306 g/mol. The molecule has 0 amide bonds. The quantitative estimate of drug-likeness (QED) is 0.741. The molecule has 0 bridgehead atoms. The standard InChI is InChI=1S/C18H23ClO2/c19-17-12-10-16(11-13-17)9-8-15-6-4-14(5-7-15)2-1-3-18(20)21/h1,3,10-15H,2,4-9H2,(H,20,21)/b3-1+. The molecule has 3 heteroatoms. The van der Waals surface area contributed by atoms with E-state index >= 15 is 0 Å². The van der Waals surface area contributed by atoms with Crippen LogP contribution in [0.25, 0.3) is 0 Å². The highest BCUT2D eigenvalue weighted by Crippen LogP contribution is 2.33. The second kappa shape index (κ2) is 8.23. The first kappa shape index (κ1) is 16.1. The fourth-order valence-corrected chi connectivity index (χ4v) is 3.27. The van der Waals surface area contributed by atoms with Crippen LogP contribution in [0.3, 0.4) is 0 Å². The Balaban J connectivity index is 1.67. The molecule has 1 aliphatic rings. The molecule has 1 aromatic carbocycles. The molecule has 2 nitrogen and oxygen atoms in total. The summed E-state index contributed by atoms with van der Waals surface area (Å²) in [7, 11) is 0. The number of hydrogen-bond acceptors (Lipinski definition) is 1.